The third kappa shape index (κ3) is 4.54. The van der Waals surface area contributed by atoms with Crippen LogP contribution < -0.4 is 5.56 Å². The van der Waals surface area contributed by atoms with Gasteiger partial charge in [0.25, 0.3) is 5.91 Å². The fraction of sp³-hybridized carbons (Fsp3) is 0.500. The molecule has 1 saturated heterocycles. The lowest BCUT2D eigenvalue weighted by molar-refractivity contribution is 0.0517. The molecular weight excluding hydrogens is 282 g/mol. The normalized spacial score (nSPS) is 17.2. The van der Waals surface area contributed by atoms with E-state index >= 15 is 0 Å². The van der Waals surface area contributed by atoms with Gasteiger partial charge in [-0.3, -0.25) is 14.5 Å². The summed E-state index contributed by atoms with van der Waals surface area (Å²) < 4.78 is 0. The van der Waals surface area contributed by atoms with E-state index in [4.69, 9.17) is 0 Å². The zero-order chi connectivity index (χ0) is 15.9. The molecular formula is C16H23N3O3. The quantitative estimate of drug-likeness (QED) is 0.749. The van der Waals surface area contributed by atoms with Crippen molar-refractivity contribution in [3.63, 3.8) is 0 Å². The lowest BCUT2D eigenvalue weighted by Crippen LogP contribution is -2.50. The number of pyridine rings is 1. The van der Waals surface area contributed by atoms with Gasteiger partial charge in [0.2, 0.25) is 5.56 Å². The molecule has 1 amide bonds. The number of rotatable bonds is 6. The van der Waals surface area contributed by atoms with Gasteiger partial charge < -0.3 is 15.0 Å². The Labute approximate surface area is 130 Å². The van der Waals surface area contributed by atoms with E-state index < -0.39 is 0 Å². The van der Waals surface area contributed by atoms with Gasteiger partial charge >= 0.3 is 0 Å². The second-order valence-corrected chi connectivity index (χ2v) is 5.55. The predicted octanol–water partition coefficient (Wildman–Crippen LogP) is 0.460. The molecule has 1 aromatic rings. The van der Waals surface area contributed by atoms with E-state index in [1.807, 2.05) is 6.08 Å². The molecule has 0 aromatic carbocycles. The van der Waals surface area contributed by atoms with Crippen LogP contribution in [0.4, 0.5) is 0 Å². The maximum absolute atomic E-state index is 12.3. The highest BCUT2D eigenvalue weighted by Gasteiger charge is 2.23. The number of nitrogens with one attached hydrogen (secondary N) is 1. The summed E-state index contributed by atoms with van der Waals surface area (Å²) in [6.45, 7) is 7.05. The van der Waals surface area contributed by atoms with Crippen molar-refractivity contribution in [3.05, 3.63) is 46.9 Å². The third-order valence-corrected chi connectivity index (χ3v) is 3.86. The largest absolute Gasteiger partial charge is 0.392 e. The van der Waals surface area contributed by atoms with Crippen LogP contribution in [-0.4, -0.2) is 64.6 Å². The van der Waals surface area contributed by atoms with Crippen LogP contribution in [0.25, 0.3) is 0 Å². The van der Waals surface area contributed by atoms with Crippen LogP contribution in [0.2, 0.25) is 0 Å². The number of amides is 1. The molecule has 2 heterocycles. The van der Waals surface area contributed by atoms with Crippen molar-refractivity contribution in [1.82, 2.24) is 14.8 Å². The Morgan fingerprint density at radius 2 is 2.09 bits per heavy atom. The second kappa shape index (κ2) is 7.91. The van der Waals surface area contributed by atoms with Crippen molar-refractivity contribution in [2.45, 2.75) is 18.9 Å². The minimum absolute atomic E-state index is 0.0666. The van der Waals surface area contributed by atoms with Gasteiger partial charge in [-0.05, 0) is 18.9 Å². The topological polar surface area (TPSA) is 76.6 Å². The molecule has 1 unspecified atom stereocenters. The molecule has 2 rings (SSSR count). The van der Waals surface area contributed by atoms with Crippen LogP contribution >= 0.6 is 0 Å². The third-order valence-electron chi connectivity index (χ3n) is 3.86. The van der Waals surface area contributed by atoms with Crippen molar-refractivity contribution in [1.29, 1.82) is 0 Å². The number of nitrogens with zero attached hydrogens (tertiary/aromatic N) is 2. The van der Waals surface area contributed by atoms with Crippen molar-refractivity contribution in [2.75, 3.05) is 32.7 Å². The second-order valence-electron chi connectivity index (χ2n) is 5.55. The molecule has 1 aromatic heterocycles. The molecule has 0 radical (unpaired) electrons. The highest BCUT2D eigenvalue weighted by atomic mass is 16.3. The molecule has 1 aliphatic rings. The van der Waals surface area contributed by atoms with E-state index in [-0.39, 0.29) is 17.6 Å². The Hall–Kier alpha value is -1.92. The van der Waals surface area contributed by atoms with Gasteiger partial charge in [0.05, 0.1) is 11.7 Å². The van der Waals surface area contributed by atoms with Crippen LogP contribution in [0.1, 0.15) is 23.2 Å². The number of aliphatic hydroxyl groups excluding tert-OH is 1. The number of carbonyl (C=O) groups is 1. The number of piperazine rings is 1. The molecule has 1 fully saturated rings. The first-order valence-electron chi connectivity index (χ1n) is 7.59. The fourth-order valence-corrected chi connectivity index (χ4v) is 2.56. The van der Waals surface area contributed by atoms with Gasteiger partial charge in [-0.2, -0.15) is 0 Å². The average Bonchev–Trinajstić information content (AvgIpc) is 2.54. The van der Waals surface area contributed by atoms with Gasteiger partial charge in [-0.25, -0.2) is 0 Å². The molecule has 0 spiro atoms. The standard InChI is InChI=1S/C16H23N3O3/c1-2-3-4-14(20)12-18-7-9-19(10-8-18)16(22)13-5-6-15(21)17-11-13/h2,5-6,11,14,20H,1,3-4,7-10,12H2,(H,17,21). The molecule has 2 N–H and O–H groups in total. The highest BCUT2D eigenvalue weighted by molar-refractivity contribution is 5.93. The molecule has 0 saturated carbocycles. The maximum atomic E-state index is 12.3. The first-order valence-corrected chi connectivity index (χ1v) is 7.59. The monoisotopic (exact) mass is 305 g/mol. The van der Waals surface area contributed by atoms with E-state index in [1.54, 1.807) is 11.0 Å². The summed E-state index contributed by atoms with van der Waals surface area (Å²) in [6, 6.07) is 2.91. The number of aromatic amines is 1. The number of H-pyrrole nitrogens is 1. The Morgan fingerprint density at radius 3 is 2.68 bits per heavy atom. The van der Waals surface area contributed by atoms with Gasteiger partial charge in [-0.1, -0.05) is 6.08 Å². The summed E-state index contributed by atoms with van der Waals surface area (Å²) >= 11 is 0. The van der Waals surface area contributed by atoms with E-state index in [0.29, 0.717) is 25.2 Å². The number of aromatic nitrogens is 1. The van der Waals surface area contributed by atoms with Crippen molar-refractivity contribution in [2.24, 2.45) is 0 Å². The van der Waals surface area contributed by atoms with Gasteiger partial charge in [0.15, 0.2) is 0 Å². The van der Waals surface area contributed by atoms with Crippen LogP contribution in [0.15, 0.2) is 35.8 Å². The first kappa shape index (κ1) is 16.5. The minimum atomic E-state index is -0.348. The van der Waals surface area contributed by atoms with Crippen LogP contribution in [0.5, 0.6) is 0 Å². The highest BCUT2D eigenvalue weighted by Crippen LogP contribution is 2.09. The zero-order valence-corrected chi connectivity index (χ0v) is 12.7. The average molecular weight is 305 g/mol. The number of aliphatic hydroxyl groups is 1. The molecule has 6 heteroatoms. The van der Waals surface area contributed by atoms with E-state index in [9.17, 15) is 14.7 Å². The van der Waals surface area contributed by atoms with E-state index in [1.165, 1.54) is 12.3 Å². The molecule has 22 heavy (non-hydrogen) atoms. The summed E-state index contributed by atoms with van der Waals surface area (Å²) in [6.07, 6.45) is 4.45. The SMILES string of the molecule is C=CCCC(O)CN1CCN(C(=O)c2ccc(=O)[nH]c2)CC1. The first-order chi connectivity index (χ1) is 10.6. The smallest absolute Gasteiger partial charge is 0.255 e. The fourth-order valence-electron chi connectivity index (χ4n) is 2.56. The van der Waals surface area contributed by atoms with Crippen LogP contribution in [-0.2, 0) is 0 Å². The molecule has 1 atom stereocenters. The van der Waals surface area contributed by atoms with Crippen LogP contribution in [0, 0.1) is 0 Å². The predicted molar refractivity (Wildman–Crippen MR) is 84.8 cm³/mol. The molecule has 1 aliphatic heterocycles. The lowest BCUT2D eigenvalue weighted by atomic mass is 10.1. The van der Waals surface area contributed by atoms with Crippen LogP contribution in [0.3, 0.4) is 0 Å². The summed E-state index contributed by atoms with van der Waals surface area (Å²) in [7, 11) is 0. The van der Waals surface area contributed by atoms with Crippen molar-refractivity contribution < 1.29 is 9.90 Å². The molecule has 0 bridgehead atoms. The summed E-state index contributed by atoms with van der Waals surface area (Å²) in [5.41, 5.74) is 0.286. The molecule has 120 valence electrons. The zero-order valence-electron chi connectivity index (χ0n) is 12.7. The number of hydrogen-bond donors (Lipinski definition) is 2. The lowest BCUT2D eigenvalue weighted by Gasteiger charge is -2.35. The molecule has 0 aliphatic carbocycles. The van der Waals surface area contributed by atoms with Crippen molar-refractivity contribution in [3.8, 4) is 0 Å². The number of hydrogen-bond acceptors (Lipinski definition) is 4. The van der Waals surface area contributed by atoms with Gasteiger partial charge in [0, 0.05) is 45.0 Å². The molecule has 6 nitrogen and oxygen atoms in total. The Morgan fingerprint density at radius 1 is 1.36 bits per heavy atom. The number of carbonyl (C=O) groups excluding carboxylic acids is 1. The Balaban J connectivity index is 1.81. The van der Waals surface area contributed by atoms with Gasteiger partial charge in [-0.15, -0.1) is 6.58 Å². The maximum Gasteiger partial charge on any atom is 0.255 e. The summed E-state index contributed by atoms with van der Waals surface area (Å²) in [5.74, 6) is -0.0666. The Bertz CT molecular complexity index is 542. The van der Waals surface area contributed by atoms with Crippen molar-refractivity contribution >= 4 is 5.91 Å². The number of β-amino-alcohol motifs (C(OH)–C–C–N with tert-alkyl or cyclic N) is 1. The van der Waals surface area contributed by atoms with Gasteiger partial charge in [0.1, 0.15) is 0 Å². The number of allylic oxidation sites excluding steroid dienone is 1. The summed E-state index contributed by atoms with van der Waals surface area (Å²) in [4.78, 5) is 29.8. The summed E-state index contributed by atoms with van der Waals surface area (Å²) in [5, 5.41) is 9.91. The Kier molecular flexibility index (Phi) is 5.91. The minimum Gasteiger partial charge on any atom is -0.392 e. The van der Waals surface area contributed by atoms with E-state index in [2.05, 4.69) is 16.5 Å². The van der Waals surface area contributed by atoms with E-state index in [0.717, 1.165) is 25.9 Å².